The second-order valence-corrected chi connectivity index (χ2v) is 9.69. The monoisotopic (exact) mass is 544 g/mol. The standard InChI is InChI=1S/C31H29ClN2O5/c1-19(2)22-11-13-23(14-12-22)34-20(3)29(31(37)38-4)25(30(34)36)17-21-9-15-24(16-10-21)39-18-28(35)33-27-8-6-5-7-26(27)32/h5-17,19H,18H2,1-4H3,(H,33,35)/b25-17-. The van der Waals surface area contributed by atoms with Gasteiger partial charge in [0, 0.05) is 11.4 Å². The van der Waals surface area contributed by atoms with Crippen LogP contribution in [0.2, 0.25) is 5.02 Å². The first kappa shape index (κ1) is 27.7. The number of ether oxygens (including phenoxy) is 2. The van der Waals surface area contributed by atoms with Gasteiger partial charge >= 0.3 is 5.97 Å². The Morgan fingerprint density at radius 3 is 2.28 bits per heavy atom. The van der Waals surface area contributed by atoms with Crippen molar-refractivity contribution in [2.75, 3.05) is 23.9 Å². The average molecular weight is 545 g/mol. The maximum atomic E-state index is 13.5. The summed E-state index contributed by atoms with van der Waals surface area (Å²) in [7, 11) is 1.29. The summed E-state index contributed by atoms with van der Waals surface area (Å²) in [6.07, 6.45) is 1.65. The second kappa shape index (κ2) is 12.0. The van der Waals surface area contributed by atoms with E-state index < -0.39 is 5.97 Å². The van der Waals surface area contributed by atoms with Crippen molar-refractivity contribution in [2.24, 2.45) is 0 Å². The summed E-state index contributed by atoms with van der Waals surface area (Å²) >= 11 is 6.07. The fourth-order valence-corrected chi connectivity index (χ4v) is 4.41. The SMILES string of the molecule is COC(=O)C1=C(C)N(c2ccc(C(C)C)cc2)C(=O)/C1=C\c1ccc(OCC(=O)Nc2ccccc2Cl)cc1. The van der Waals surface area contributed by atoms with Crippen LogP contribution in [-0.4, -0.2) is 31.5 Å². The van der Waals surface area contributed by atoms with Crippen LogP contribution in [0.3, 0.4) is 0 Å². The van der Waals surface area contributed by atoms with Gasteiger partial charge in [-0.25, -0.2) is 4.79 Å². The topological polar surface area (TPSA) is 84.9 Å². The van der Waals surface area contributed by atoms with E-state index in [9.17, 15) is 14.4 Å². The summed E-state index contributed by atoms with van der Waals surface area (Å²) in [4.78, 5) is 40.0. The van der Waals surface area contributed by atoms with Crippen LogP contribution in [0.1, 0.15) is 37.8 Å². The van der Waals surface area contributed by atoms with E-state index in [2.05, 4.69) is 19.2 Å². The summed E-state index contributed by atoms with van der Waals surface area (Å²) in [5.41, 5.74) is 3.96. The molecule has 200 valence electrons. The molecule has 0 saturated carbocycles. The highest BCUT2D eigenvalue weighted by Gasteiger charge is 2.37. The largest absolute Gasteiger partial charge is 0.484 e. The Morgan fingerprint density at radius 2 is 1.67 bits per heavy atom. The minimum Gasteiger partial charge on any atom is -0.484 e. The summed E-state index contributed by atoms with van der Waals surface area (Å²) in [6.45, 7) is 5.72. The number of amides is 2. The van der Waals surface area contributed by atoms with Crippen LogP contribution >= 0.6 is 11.6 Å². The van der Waals surface area contributed by atoms with Crippen molar-refractivity contribution >= 4 is 46.8 Å². The van der Waals surface area contributed by atoms with Crippen LogP contribution in [-0.2, 0) is 19.1 Å². The van der Waals surface area contributed by atoms with Gasteiger partial charge in [-0.05, 0) is 66.4 Å². The van der Waals surface area contributed by atoms with Crippen molar-refractivity contribution in [2.45, 2.75) is 26.7 Å². The third kappa shape index (κ3) is 6.21. The molecule has 0 spiro atoms. The molecule has 7 nitrogen and oxygen atoms in total. The first-order valence-corrected chi connectivity index (χ1v) is 12.8. The fraction of sp³-hybridized carbons (Fsp3) is 0.194. The molecule has 8 heteroatoms. The Balaban J connectivity index is 1.51. The normalized spacial score (nSPS) is 14.3. The molecule has 0 aromatic heterocycles. The number of benzene rings is 3. The maximum Gasteiger partial charge on any atom is 0.340 e. The quantitative estimate of drug-likeness (QED) is 0.263. The van der Waals surface area contributed by atoms with Gasteiger partial charge in [-0.1, -0.05) is 61.8 Å². The van der Waals surface area contributed by atoms with E-state index in [0.717, 1.165) is 5.56 Å². The first-order valence-electron chi connectivity index (χ1n) is 12.4. The van der Waals surface area contributed by atoms with Gasteiger partial charge in [-0.15, -0.1) is 0 Å². The summed E-state index contributed by atoms with van der Waals surface area (Å²) in [5.74, 6) is -0.430. The number of carbonyl (C=O) groups excluding carboxylic acids is 3. The number of nitrogens with zero attached hydrogens (tertiary/aromatic N) is 1. The second-order valence-electron chi connectivity index (χ2n) is 9.28. The van der Waals surface area contributed by atoms with Crippen LogP contribution < -0.4 is 15.0 Å². The lowest BCUT2D eigenvalue weighted by atomic mass is 10.0. The number of esters is 1. The van der Waals surface area contributed by atoms with E-state index in [4.69, 9.17) is 21.1 Å². The first-order chi connectivity index (χ1) is 18.7. The number of hydrogen-bond acceptors (Lipinski definition) is 5. The molecular formula is C31H29ClN2O5. The molecule has 4 rings (SSSR count). The fourth-order valence-electron chi connectivity index (χ4n) is 4.22. The van der Waals surface area contributed by atoms with Crippen LogP contribution in [0.5, 0.6) is 5.75 Å². The van der Waals surface area contributed by atoms with Gasteiger partial charge in [-0.3, -0.25) is 14.5 Å². The Hall–Kier alpha value is -4.36. The maximum absolute atomic E-state index is 13.5. The number of anilines is 2. The third-order valence-corrected chi connectivity index (χ3v) is 6.65. The Labute approximate surface area is 232 Å². The van der Waals surface area contributed by atoms with E-state index in [1.165, 1.54) is 12.0 Å². The molecular weight excluding hydrogens is 516 g/mol. The predicted octanol–water partition coefficient (Wildman–Crippen LogP) is 6.36. The zero-order chi connectivity index (χ0) is 28.1. The van der Waals surface area contributed by atoms with E-state index >= 15 is 0 Å². The minimum atomic E-state index is -0.585. The van der Waals surface area contributed by atoms with E-state index in [1.807, 2.05) is 24.3 Å². The van der Waals surface area contributed by atoms with Crippen molar-refractivity contribution in [3.8, 4) is 5.75 Å². The highest BCUT2D eigenvalue weighted by Crippen LogP contribution is 2.36. The number of para-hydroxylation sites is 1. The number of allylic oxidation sites excluding steroid dienone is 1. The van der Waals surface area contributed by atoms with Crippen LogP contribution in [0.4, 0.5) is 11.4 Å². The van der Waals surface area contributed by atoms with Gasteiger partial charge < -0.3 is 14.8 Å². The Kier molecular flexibility index (Phi) is 8.52. The van der Waals surface area contributed by atoms with Gasteiger partial charge in [0.15, 0.2) is 6.61 Å². The Bertz CT molecular complexity index is 1460. The third-order valence-electron chi connectivity index (χ3n) is 6.32. The molecule has 39 heavy (non-hydrogen) atoms. The molecule has 0 radical (unpaired) electrons. The van der Waals surface area contributed by atoms with E-state index in [0.29, 0.717) is 39.3 Å². The van der Waals surface area contributed by atoms with Crippen LogP contribution in [0.25, 0.3) is 6.08 Å². The highest BCUT2D eigenvalue weighted by molar-refractivity contribution is 6.33. The molecule has 0 bridgehead atoms. The lowest BCUT2D eigenvalue weighted by Gasteiger charge is -2.19. The van der Waals surface area contributed by atoms with Crippen molar-refractivity contribution in [1.29, 1.82) is 0 Å². The molecule has 0 aliphatic carbocycles. The van der Waals surface area contributed by atoms with Crippen molar-refractivity contribution in [1.82, 2.24) is 0 Å². The molecule has 0 atom stereocenters. The molecule has 1 heterocycles. The number of halogens is 1. The molecule has 0 fully saturated rings. The zero-order valence-electron chi connectivity index (χ0n) is 22.2. The number of methoxy groups -OCH3 is 1. The molecule has 1 aliphatic heterocycles. The van der Waals surface area contributed by atoms with Crippen molar-refractivity contribution in [3.05, 3.63) is 106 Å². The number of hydrogen-bond donors (Lipinski definition) is 1. The highest BCUT2D eigenvalue weighted by atomic mass is 35.5. The van der Waals surface area contributed by atoms with Crippen molar-refractivity contribution < 1.29 is 23.9 Å². The molecule has 3 aromatic rings. The number of nitrogens with one attached hydrogen (secondary N) is 1. The molecule has 1 N–H and O–H groups in total. The van der Waals surface area contributed by atoms with Gasteiger partial charge in [-0.2, -0.15) is 0 Å². The van der Waals surface area contributed by atoms with Gasteiger partial charge in [0.25, 0.3) is 11.8 Å². The molecule has 0 saturated heterocycles. The molecule has 1 aliphatic rings. The van der Waals surface area contributed by atoms with Crippen molar-refractivity contribution in [3.63, 3.8) is 0 Å². The minimum absolute atomic E-state index is 0.205. The summed E-state index contributed by atoms with van der Waals surface area (Å²) in [6, 6.07) is 21.5. The van der Waals surface area contributed by atoms with Crippen LogP contribution in [0.15, 0.2) is 89.6 Å². The molecule has 0 unspecified atom stereocenters. The summed E-state index contributed by atoms with van der Waals surface area (Å²) < 4.78 is 10.6. The van der Waals surface area contributed by atoms with Gasteiger partial charge in [0.2, 0.25) is 0 Å². The predicted molar refractivity (Wildman–Crippen MR) is 153 cm³/mol. The molecule has 2 amide bonds. The molecule has 3 aromatic carbocycles. The number of rotatable bonds is 8. The number of carbonyl (C=O) groups is 3. The smallest absolute Gasteiger partial charge is 0.340 e. The van der Waals surface area contributed by atoms with E-state index in [1.54, 1.807) is 61.5 Å². The lowest BCUT2D eigenvalue weighted by molar-refractivity contribution is -0.136. The Morgan fingerprint density at radius 1 is 1.00 bits per heavy atom. The lowest BCUT2D eigenvalue weighted by Crippen LogP contribution is -2.24. The van der Waals surface area contributed by atoms with Crippen LogP contribution in [0, 0.1) is 0 Å². The van der Waals surface area contributed by atoms with Gasteiger partial charge in [0.05, 0.1) is 29.0 Å². The average Bonchev–Trinajstić information content (AvgIpc) is 3.17. The van der Waals surface area contributed by atoms with E-state index in [-0.39, 0.29) is 29.6 Å². The zero-order valence-corrected chi connectivity index (χ0v) is 22.9. The summed E-state index contributed by atoms with van der Waals surface area (Å²) in [5, 5.41) is 3.14. The van der Waals surface area contributed by atoms with Gasteiger partial charge in [0.1, 0.15) is 5.75 Å².